The highest BCUT2D eigenvalue weighted by molar-refractivity contribution is 5.04. The summed E-state index contributed by atoms with van der Waals surface area (Å²) in [4.78, 5) is 5.11. The first-order valence-electron chi connectivity index (χ1n) is 5.15. The highest BCUT2D eigenvalue weighted by atomic mass is 16.8. The number of rotatable bonds is 1. The molecule has 0 bridgehead atoms. The van der Waals surface area contributed by atoms with Crippen LogP contribution in [0.25, 0.3) is 0 Å². The van der Waals surface area contributed by atoms with Crippen LogP contribution in [0.2, 0.25) is 0 Å². The molecule has 1 aliphatic heterocycles. The quantitative estimate of drug-likeness (QED) is 0.532. The van der Waals surface area contributed by atoms with Gasteiger partial charge in [-0.3, -0.25) is 4.84 Å². The van der Waals surface area contributed by atoms with Gasteiger partial charge >= 0.3 is 0 Å². The Morgan fingerprint density at radius 2 is 2.36 bits per heavy atom. The first-order chi connectivity index (χ1) is 6.64. The molecule has 80 valence electrons. The van der Waals surface area contributed by atoms with Crippen molar-refractivity contribution in [1.82, 2.24) is 5.48 Å². The fraction of sp³-hybridized carbons (Fsp3) is 0.800. The molecule has 3 N–H and O–H groups in total. The average molecular weight is 199 g/mol. The van der Waals surface area contributed by atoms with E-state index < -0.39 is 11.9 Å². The van der Waals surface area contributed by atoms with Crippen LogP contribution >= 0.6 is 0 Å². The summed E-state index contributed by atoms with van der Waals surface area (Å²) in [6.45, 7) is 1.79. The zero-order valence-electron chi connectivity index (χ0n) is 8.31. The van der Waals surface area contributed by atoms with Crippen LogP contribution in [0, 0.1) is 5.92 Å². The molecule has 2 aliphatic rings. The summed E-state index contributed by atoms with van der Waals surface area (Å²) < 4.78 is 0. The Labute approximate surface area is 83.5 Å². The van der Waals surface area contributed by atoms with E-state index in [2.05, 4.69) is 5.48 Å². The van der Waals surface area contributed by atoms with Gasteiger partial charge in [0.2, 0.25) is 5.79 Å². The standard InChI is InChI=1S/C10H17NO3/c1-7-9(12)10(13,14-11-7)8-5-3-2-4-6-8/h3,5,7-9,11-13H,2,4,6H2,1H3. The van der Waals surface area contributed by atoms with Gasteiger partial charge in [0.05, 0.1) is 6.04 Å². The van der Waals surface area contributed by atoms with E-state index >= 15 is 0 Å². The van der Waals surface area contributed by atoms with Gasteiger partial charge < -0.3 is 10.2 Å². The van der Waals surface area contributed by atoms with Crippen LogP contribution in [0.15, 0.2) is 12.2 Å². The van der Waals surface area contributed by atoms with E-state index in [1.165, 1.54) is 0 Å². The van der Waals surface area contributed by atoms with Crippen LogP contribution < -0.4 is 5.48 Å². The fourth-order valence-corrected chi connectivity index (χ4v) is 2.12. The van der Waals surface area contributed by atoms with Crippen molar-refractivity contribution < 1.29 is 15.1 Å². The normalized spacial score (nSPS) is 48.4. The maximum Gasteiger partial charge on any atom is 0.219 e. The molecule has 0 aromatic rings. The predicted molar refractivity (Wildman–Crippen MR) is 51.1 cm³/mol. The Morgan fingerprint density at radius 1 is 1.57 bits per heavy atom. The summed E-state index contributed by atoms with van der Waals surface area (Å²) in [6.07, 6.45) is 6.05. The lowest BCUT2D eigenvalue weighted by Crippen LogP contribution is -2.48. The molecule has 4 heteroatoms. The molecule has 0 radical (unpaired) electrons. The van der Waals surface area contributed by atoms with E-state index in [0.29, 0.717) is 0 Å². The molecule has 1 fully saturated rings. The molecule has 2 rings (SSSR count). The second-order valence-corrected chi connectivity index (χ2v) is 4.17. The molecule has 0 amide bonds. The number of hydrogen-bond donors (Lipinski definition) is 3. The lowest BCUT2D eigenvalue weighted by atomic mass is 9.84. The van der Waals surface area contributed by atoms with Crippen molar-refractivity contribution in [1.29, 1.82) is 0 Å². The van der Waals surface area contributed by atoms with Gasteiger partial charge in [0, 0.05) is 5.92 Å². The summed E-state index contributed by atoms with van der Waals surface area (Å²) in [6, 6.07) is -0.227. The minimum absolute atomic E-state index is 0.108. The van der Waals surface area contributed by atoms with Crippen LogP contribution in [0.1, 0.15) is 26.2 Å². The summed E-state index contributed by atoms with van der Waals surface area (Å²) in [5.74, 6) is -1.56. The molecule has 1 heterocycles. The minimum atomic E-state index is -1.45. The summed E-state index contributed by atoms with van der Waals surface area (Å²) in [5, 5.41) is 20.0. The lowest BCUT2D eigenvalue weighted by molar-refractivity contribution is -0.257. The molecule has 0 spiro atoms. The smallest absolute Gasteiger partial charge is 0.219 e. The van der Waals surface area contributed by atoms with Crippen LogP contribution in [0.4, 0.5) is 0 Å². The lowest BCUT2D eigenvalue weighted by Gasteiger charge is -2.32. The van der Waals surface area contributed by atoms with Crippen molar-refractivity contribution >= 4 is 0 Å². The molecule has 0 aromatic carbocycles. The Hall–Kier alpha value is -0.420. The van der Waals surface area contributed by atoms with Crippen molar-refractivity contribution in [2.75, 3.05) is 0 Å². The monoisotopic (exact) mass is 199 g/mol. The number of allylic oxidation sites excluding steroid dienone is 1. The molecular weight excluding hydrogens is 182 g/mol. The molecule has 0 aromatic heterocycles. The maximum atomic E-state index is 10.2. The van der Waals surface area contributed by atoms with E-state index in [1.807, 2.05) is 12.2 Å². The second kappa shape index (κ2) is 3.62. The Morgan fingerprint density at radius 3 is 2.86 bits per heavy atom. The van der Waals surface area contributed by atoms with Crippen LogP contribution in [0.3, 0.4) is 0 Å². The van der Waals surface area contributed by atoms with Crippen LogP contribution in [-0.2, 0) is 4.84 Å². The second-order valence-electron chi connectivity index (χ2n) is 4.17. The highest BCUT2D eigenvalue weighted by Crippen LogP contribution is 2.35. The topological polar surface area (TPSA) is 61.7 Å². The van der Waals surface area contributed by atoms with E-state index in [9.17, 15) is 10.2 Å². The van der Waals surface area contributed by atoms with Gasteiger partial charge in [-0.1, -0.05) is 12.2 Å². The Bertz CT molecular complexity index is 244. The van der Waals surface area contributed by atoms with Gasteiger partial charge in [0.25, 0.3) is 0 Å². The molecule has 0 saturated carbocycles. The molecule has 1 aliphatic carbocycles. The van der Waals surface area contributed by atoms with Gasteiger partial charge in [0.15, 0.2) is 0 Å². The largest absolute Gasteiger partial charge is 0.386 e. The molecule has 14 heavy (non-hydrogen) atoms. The molecule has 4 nitrogen and oxygen atoms in total. The first kappa shape index (κ1) is 10.1. The summed E-state index contributed by atoms with van der Waals surface area (Å²) in [7, 11) is 0. The van der Waals surface area contributed by atoms with E-state index in [4.69, 9.17) is 4.84 Å². The zero-order valence-corrected chi connectivity index (χ0v) is 8.31. The Balaban J connectivity index is 2.15. The van der Waals surface area contributed by atoms with Crippen molar-refractivity contribution in [3.63, 3.8) is 0 Å². The molecule has 4 unspecified atom stereocenters. The van der Waals surface area contributed by atoms with Crippen molar-refractivity contribution in [3.05, 3.63) is 12.2 Å². The maximum absolute atomic E-state index is 10.2. The minimum Gasteiger partial charge on any atom is -0.386 e. The summed E-state index contributed by atoms with van der Waals surface area (Å²) >= 11 is 0. The van der Waals surface area contributed by atoms with Crippen molar-refractivity contribution in [2.24, 2.45) is 5.92 Å². The number of aliphatic hydroxyl groups excluding tert-OH is 1. The van der Waals surface area contributed by atoms with Crippen LogP contribution in [-0.4, -0.2) is 28.1 Å². The van der Waals surface area contributed by atoms with E-state index in [1.54, 1.807) is 6.92 Å². The number of aliphatic hydroxyl groups is 2. The van der Waals surface area contributed by atoms with Gasteiger partial charge in [0.1, 0.15) is 6.10 Å². The zero-order chi connectivity index (χ0) is 10.2. The van der Waals surface area contributed by atoms with Crippen molar-refractivity contribution in [3.8, 4) is 0 Å². The fourth-order valence-electron chi connectivity index (χ4n) is 2.12. The third kappa shape index (κ3) is 1.48. The third-order valence-electron chi connectivity index (χ3n) is 3.09. The molecule has 1 saturated heterocycles. The predicted octanol–water partition coefficient (Wildman–Crippen LogP) is 0.315. The highest BCUT2D eigenvalue weighted by Gasteiger charge is 2.51. The van der Waals surface area contributed by atoms with Gasteiger partial charge in [-0.25, -0.2) is 0 Å². The summed E-state index contributed by atoms with van der Waals surface area (Å²) in [5.41, 5.74) is 2.62. The first-order valence-corrected chi connectivity index (χ1v) is 5.15. The third-order valence-corrected chi connectivity index (χ3v) is 3.09. The number of nitrogens with one attached hydrogen (secondary N) is 1. The van der Waals surface area contributed by atoms with Crippen molar-refractivity contribution in [2.45, 2.75) is 44.1 Å². The van der Waals surface area contributed by atoms with Crippen LogP contribution in [0.5, 0.6) is 0 Å². The van der Waals surface area contributed by atoms with E-state index in [-0.39, 0.29) is 12.0 Å². The Kier molecular flexibility index (Phi) is 2.62. The number of hydrogen-bond acceptors (Lipinski definition) is 4. The average Bonchev–Trinajstić information content (AvgIpc) is 2.49. The van der Waals surface area contributed by atoms with Gasteiger partial charge in [-0.15, -0.1) is 0 Å². The number of hydroxylamine groups is 1. The van der Waals surface area contributed by atoms with Gasteiger partial charge in [-0.05, 0) is 26.2 Å². The van der Waals surface area contributed by atoms with Gasteiger partial charge in [-0.2, -0.15) is 5.48 Å². The molecular formula is C10H17NO3. The molecule has 4 atom stereocenters. The SMILES string of the molecule is CC1NOC(O)(C2C=CCCC2)C1O. The van der Waals surface area contributed by atoms with E-state index in [0.717, 1.165) is 19.3 Å².